The third-order valence-electron chi connectivity index (χ3n) is 2.73. The number of urea groups is 1. The monoisotopic (exact) mass is 303 g/mol. The molecule has 3 rings (SSSR count). The normalized spacial score (nSPS) is 10.4. The second-order valence-corrected chi connectivity index (χ2v) is 5.23. The molecule has 0 atom stereocenters. The first kappa shape index (κ1) is 12.9. The highest BCUT2D eigenvalue weighted by Crippen LogP contribution is 2.32. The summed E-state index contributed by atoms with van der Waals surface area (Å²) in [5.74, 6) is 0. The number of rotatable bonds is 2. The fourth-order valence-electron chi connectivity index (χ4n) is 1.84. The van der Waals surface area contributed by atoms with E-state index in [1.165, 1.54) is 11.5 Å². The summed E-state index contributed by atoms with van der Waals surface area (Å²) in [7, 11) is 0. The van der Waals surface area contributed by atoms with Crippen molar-refractivity contribution in [2.75, 3.05) is 10.6 Å². The van der Waals surface area contributed by atoms with Gasteiger partial charge in [-0.15, -0.1) is 0 Å². The summed E-state index contributed by atoms with van der Waals surface area (Å²) in [6.07, 6.45) is 0. The maximum Gasteiger partial charge on any atom is 0.323 e. The molecule has 2 amide bonds. The maximum atomic E-state index is 12.0. The van der Waals surface area contributed by atoms with Gasteiger partial charge in [-0.3, -0.25) is 0 Å². The molecule has 0 aliphatic rings. The van der Waals surface area contributed by atoms with E-state index in [4.69, 9.17) is 11.6 Å². The van der Waals surface area contributed by atoms with Crippen LogP contribution < -0.4 is 10.6 Å². The van der Waals surface area contributed by atoms with Crippen molar-refractivity contribution >= 4 is 50.6 Å². The number of fused-ring (bicyclic) bond motifs is 1. The van der Waals surface area contributed by atoms with Gasteiger partial charge in [0, 0.05) is 11.1 Å². The molecule has 0 saturated heterocycles. The Labute approximate surface area is 124 Å². The Morgan fingerprint density at radius 1 is 1.05 bits per heavy atom. The minimum atomic E-state index is -0.298. The minimum Gasteiger partial charge on any atom is -0.308 e. The van der Waals surface area contributed by atoms with Crippen LogP contribution in [0.1, 0.15) is 0 Å². The standard InChI is InChI=1S/C14H10ClN3OS/c15-13-10-7-4-8-11(12(10)20-18-13)17-14(19)16-9-5-2-1-3-6-9/h1-8H,(H2,16,17,19). The van der Waals surface area contributed by atoms with Crippen LogP contribution in [-0.4, -0.2) is 10.4 Å². The molecule has 0 aliphatic carbocycles. The first-order chi connectivity index (χ1) is 9.74. The van der Waals surface area contributed by atoms with Gasteiger partial charge in [0.05, 0.1) is 10.4 Å². The topological polar surface area (TPSA) is 54.0 Å². The quantitative estimate of drug-likeness (QED) is 0.727. The Kier molecular flexibility index (Phi) is 3.54. The zero-order valence-electron chi connectivity index (χ0n) is 10.3. The van der Waals surface area contributed by atoms with Gasteiger partial charge in [0.1, 0.15) is 0 Å². The van der Waals surface area contributed by atoms with Crippen LogP contribution in [0.2, 0.25) is 5.15 Å². The lowest BCUT2D eigenvalue weighted by Gasteiger charge is -2.08. The average molecular weight is 304 g/mol. The SMILES string of the molecule is O=C(Nc1ccccc1)Nc1cccc2c(Cl)nsc12. The molecule has 1 aromatic heterocycles. The van der Waals surface area contributed by atoms with Crippen molar-refractivity contribution in [3.05, 3.63) is 53.7 Å². The van der Waals surface area contributed by atoms with Crippen molar-refractivity contribution in [1.29, 1.82) is 0 Å². The Hall–Kier alpha value is -2.11. The van der Waals surface area contributed by atoms with E-state index in [1.54, 1.807) is 0 Å². The van der Waals surface area contributed by atoms with Crippen LogP contribution in [0.5, 0.6) is 0 Å². The van der Waals surface area contributed by atoms with Crippen LogP contribution >= 0.6 is 23.1 Å². The Morgan fingerprint density at radius 2 is 1.85 bits per heavy atom. The van der Waals surface area contributed by atoms with E-state index >= 15 is 0 Å². The predicted octanol–water partition coefficient (Wildman–Crippen LogP) is 4.59. The first-order valence-corrected chi connectivity index (χ1v) is 7.06. The summed E-state index contributed by atoms with van der Waals surface area (Å²) < 4.78 is 4.94. The molecule has 20 heavy (non-hydrogen) atoms. The first-order valence-electron chi connectivity index (χ1n) is 5.91. The molecule has 0 bridgehead atoms. The zero-order chi connectivity index (χ0) is 13.9. The molecule has 0 unspecified atom stereocenters. The van der Waals surface area contributed by atoms with E-state index < -0.39 is 0 Å². The van der Waals surface area contributed by atoms with Crippen LogP contribution in [0.3, 0.4) is 0 Å². The minimum absolute atomic E-state index is 0.298. The number of carbonyl (C=O) groups is 1. The van der Waals surface area contributed by atoms with Gasteiger partial charge in [-0.05, 0) is 29.7 Å². The van der Waals surface area contributed by atoms with Gasteiger partial charge in [-0.1, -0.05) is 41.9 Å². The number of aromatic nitrogens is 1. The molecule has 4 nitrogen and oxygen atoms in total. The lowest BCUT2D eigenvalue weighted by molar-refractivity contribution is 0.262. The molecule has 100 valence electrons. The largest absolute Gasteiger partial charge is 0.323 e. The highest BCUT2D eigenvalue weighted by Gasteiger charge is 2.10. The number of carbonyl (C=O) groups excluding carboxylic acids is 1. The number of benzene rings is 2. The van der Waals surface area contributed by atoms with Crippen molar-refractivity contribution < 1.29 is 4.79 Å². The number of nitrogens with zero attached hydrogens (tertiary/aromatic N) is 1. The zero-order valence-corrected chi connectivity index (χ0v) is 11.8. The Morgan fingerprint density at radius 3 is 2.65 bits per heavy atom. The van der Waals surface area contributed by atoms with Gasteiger partial charge < -0.3 is 10.6 Å². The molecule has 6 heteroatoms. The van der Waals surface area contributed by atoms with Crippen LogP contribution in [0.25, 0.3) is 10.1 Å². The van der Waals surface area contributed by atoms with Gasteiger partial charge in [-0.25, -0.2) is 4.79 Å². The Bertz CT molecular complexity index is 757. The highest BCUT2D eigenvalue weighted by molar-refractivity contribution is 7.14. The van der Waals surface area contributed by atoms with E-state index in [0.717, 1.165) is 15.8 Å². The maximum absolute atomic E-state index is 12.0. The van der Waals surface area contributed by atoms with Gasteiger partial charge in [0.2, 0.25) is 0 Å². The van der Waals surface area contributed by atoms with E-state index in [2.05, 4.69) is 15.0 Å². The summed E-state index contributed by atoms with van der Waals surface area (Å²) in [6.45, 7) is 0. The van der Waals surface area contributed by atoms with Crippen LogP contribution in [0, 0.1) is 0 Å². The summed E-state index contributed by atoms with van der Waals surface area (Å²) in [6, 6.07) is 14.5. The number of nitrogens with one attached hydrogen (secondary N) is 2. The van der Waals surface area contributed by atoms with Gasteiger partial charge in [0.25, 0.3) is 0 Å². The van der Waals surface area contributed by atoms with Crippen LogP contribution in [0.4, 0.5) is 16.2 Å². The molecular weight excluding hydrogens is 294 g/mol. The summed E-state index contributed by atoms with van der Waals surface area (Å²) in [5, 5.41) is 6.87. The molecule has 3 aromatic rings. The van der Waals surface area contributed by atoms with Crippen molar-refractivity contribution in [3.63, 3.8) is 0 Å². The lowest BCUT2D eigenvalue weighted by atomic mass is 10.2. The number of amides is 2. The Balaban J connectivity index is 1.81. The molecule has 2 aromatic carbocycles. The van der Waals surface area contributed by atoms with Crippen LogP contribution in [-0.2, 0) is 0 Å². The van der Waals surface area contributed by atoms with Crippen molar-refractivity contribution in [2.45, 2.75) is 0 Å². The van der Waals surface area contributed by atoms with Crippen LogP contribution in [0.15, 0.2) is 48.5 Å². The number of anilines is 2. The van der Waals surface area contributed by atoms with E-state index in [1.807, 2.05) is 48.5 Å². The molecule has 0 aliphatic heterocycles. The summed E-state index contributed by atoms with van der Waals surface area (Å²) in [4.78, 5) is 12.0. The molecular formula is C14H10ClN3OS. The third-order valence-corrected chi connectivity index (χ3v) is 4.02. The molecule has 1 heterocycles. The van der Waals surface area contributed by atoms with Crippen molar-refractivity contribution in [1.82, 2.24) is 4.37 Å². The molecule has 0 radical (unpaired) electrons. The molecule has 0 saturated carbocycles. The lowest BCUT2D eigenvalue weighted by Crippen LogP contribution is -2.19. The van der Waals surface area contributed by atoms with E-state index in [9.17, 15) is 4.79 Å². The second kappa shape index (κ2) is 5.48. The highest BCUT2D eigenvalue weighted by atomic mass is 35.5. The fourth-order valence-corrected chi connectivity index (χ4v) is 2.90. The number of halogens is 1. The average Bonchev–Trinajstić information content (AvgIpc) is 2.83. The summed E-state index contributed by atoms with van der Waals surface area (Å²) in [5.41, 5.74) is 1.43. The fraction of sp³-hybridized carbons (Fsp3) is 0. The molecule has 0 fully saturated rings. The van der Waals surface area contributed by atoms with Gasteiger partial charge in [0.15, 0.2) is 5.15 Å². The smallest absolute Gasteiger partial charge is 0.308 e. The summed E-state index contributed by atoms with van der Waals surface area (Å²) >= 11 is 7.25. The van der Waals surface area contributed by atoms with E-state index in [0.29, 0.717) is 10.8 Å². The predicted molar refractivity (Wildman–Crippen MR) is 83.7 cm³/mol. The van der Waals surface area contributed by atoms with Crippen molar-refractivity contribution in [3.8, 4) is 0 Å². The third kappa shape index (κ3) is 2.59. The van der Waals surface area contributed by atoms with Crippen molar-refractivity contribution in [2.24, 2.45) is 0 Å². The van der Waals surface area contributed by atoms with E-state index in [-0.39, 0.29) is 6.03 Å². The number of hydrogen-bond donors (Lipinski definition) is 2. The number of hydrogen-bond acceptors (Lipinski definition) is 3. The van der Waals surface area contributed by atoms with Gasteiger partial charge in [-0.2, -0.15) is 4.37 Å². The van der Waals surface area contributed by atoms with Gasteiger partial charge >= 0.3 is 6.03 Å². The second-order valence-electron chi connectivity index (χ2n) is 4.10. The number of para-hydroxylation sites is 1. The molecule has 0 spiro atoms. The molecule has 2 N–H and O–H groups in total.